The lowest BCUT2D eigenvalue weighted by molar-refractivity contribution is -0.117. The van der Waals surface area contributed by atoms with Gasteiger partial charge in [-0.2, -0.15) is 0 Å². The summed E-state index contributed by atoms with van der Waals surface area (Å²) in [6.45, 7) is 10.4. The second kappa shape index (κ2) is 5.49. The van der Waals surface area contributed by atoms with Crippen LogP contribution >= 0.6 is 0 Å². The van der Waals surface area contributed by atoms with Gasteiger partial charge in [-0.1, -0.05) is 27.4 Å². The lowest BCUT2D eigenvalue weighted by atomic mass is 9.90. The van der Waals surface area contributed by atoms with Gasteiger partial charge in [0.1, 0.15) is 0 Å². The number of carbonyl (C=O) groups is 2. The van der Waals surface area contributed by atoms with E-state index in [4.69, 9.17) is 4.74 Å². The number of carbonyl (C=O) groups excluding carboxylic acids is 2. The summed E-state index contributed by atoms with van der Waals surface area (Å²) in [5, 5.41) is 2.62. The molecule has 0 aliphatic rings. The lowest BCUT2D eigenvalue weighted by Crippen LogP contribution is -2.32. The van der Waals surface area contributed by atoms with Crippen molar-refractivity contribution in [3.05, 3.63) is 24.1 Å². The fourth-order valence-corrected chi connectivity index (χ4v) is 1.18. The van der Waals surface area contributed by atoms with Gasteiger partial charge in [0, 0.05) is 12.3 Å². The fourth-order valence-electron chi connectivity index (χ4n) is 1.18. The molecule has 90 valence electrons. The van der Waals surface area contributed by atoms with Gasteiger partial charge in [-0.3, -0.25) is 9.59 Å². The van der Waals surface area contributed by atoms with E-state index in [0.29, 0.717) is 5.70 Å². The van der Waals surface area contributed by atoms with Gasteiger partial charge in [-0.25, -0.2) is 0 Å². The fraction of sp³-hybridized carbons (Fsp3) is 0.500. The molecule has 0 atom stereocenters. The second-order valence-electron chi connectivity index (χ2n) is 4.41. The Morgan fingerprint density at radius 1 is 1.31 bits per heavy atom. The van der Waals surface area contributed by atoms with Crippen LogP contribution in [0.1, 0.15) is 27.7 Å². The molecule has 0 fully saturated rings. The van der Waals surface area contributed by atoms with E-state index in [2.05, 4.69) is 11.9 Å². The van der Waals surface area contributed by atoms with Crippen molar-refractivity contribution in [2.45, 2.75) is 27.7 Å². The molecule has 0 saturated heterocycles. The number of methoxy groups -OCH3 is 1. The highest BCUT2D eigenvalue weighted by Crippen LogP contribution is 2.26. The molecule has 0 aromatic carbocycles. The normalized spacial score (nSPS) is 12.6. The molecule has 4 heteroatoms. The van der Waals surface area contributed by atoms with Gasteiger partial charge in [-0.15, -0.1) is 0 Å². The number of hydrogen-bond acceptors (Lipinski definition) is 3. The third-order valence-electron chi connectivity index (χ3n) is 1.93. The molecule has 4 nitrogen and oxygen atoms in total. The van der Waals surface area contributed by atoms with E-state index in [1.54, 1.807) is 0 Å². The highest BCUT2D eigenvalue weighted by molar-refractivity contribution is 5.94. The van der Waals surface area contributed by atoms with E-state index < -0.39 is 5.41 Å². The molecule has 0 spiro atoms. The summed E-state index contributed by atoms with van der Waals surface area (Å²) in [5.74, 6) is -0.416. The molecule has 0 aliphatic heterocycles. The van der Waals surface area contributed by atoms with Crippen LogP contribution in [-0.2, 0) is 14.3 Å². The molecule has 0 unspecified atom stereocenters. The summed E-state index contributed by atoms with van der Waals surface area (Å²) < 4.78 is 5.03. The van der Waals surface area contributed by atoms with Crippen LogP contribution in [0, 0.1) is 5.41 Å². The Labute approximate surface area is 96.4 Å². The Bertz CT molecular complexity index is 335. The summed E-state index contributed by atoms with van der Waals surface area (Å²) in [7, 11) is 1.41. The first kappa shape index (κ1) is 14.4. The average Bonchev–Trinajstić information content (AvgIpc) is 2.15. The van der Waals surface area contributed by atoms with E-state index >= 15 is 0 Å². The number of nitrogens with one attached hydrogen (secondary N) is 1. The van der Waals surface area contributed by atoms with Crippen molar-refractivity contribution in [3.8, 4) is 0 Å². The van der Waals surface area contributed by atoms with E-state index in [0.717, 1.165) is 6.08 Å². The predicted molar refractivity (Wildman–Crippen MR) is 62.5 cm³/mol. The van der Waals surface area contributed by atoms with Crippen LogP contribution in [-0.4, -0.2) is 18.8 Å². The first-order valence-corrected chi connectivity index (χ1v) is 4.97. The molecule has 0 aliphatic carbocycles. The first-order valence-electron chi connectivity index (χ1n) is 4.97. The van der Waals surface area contributed by atoms with Crippen molar-refractivity contribution in [1.82, 2.24) is 5.32 Å². The van der Waals surface area contributed by atoms with Crippen LogP contribution in [0.3, 0.4) is 0 Å². The number of ketones is 1. The highest BCUT2D eigenvalue weighted by Gasteiger charge is 2.25. The quantitative estimate of drug-likeness (QED) is 0.586. The Balaban J connectivity index is 5.46. The molecule has 0 bridgehead atoms. The minimum atomic E-state index is -0.393. The van der Waals surface area contributed by atoms with Crippen molar-refractivity contribution >= 4 is 11.7 Å². The standard InChI is InChI=1S/C12H19NO3/c1-7-9(15)13-11(12(3,4)5)10(16-6)8(2)14/h7H,1H2,2-6H3,(H,13,15)/b11-10-. The summed E-state index contributed by atoms with van der Waals surface area (Å²) in [5.41, 5.74) is 0.0720. The molecule has 0 radical (unpaired) electrons. The van der Waals surface area contributed by atoms with Crippen molar-refractivity contribution < 1.29 is 14.3 Å². The SMILES string of the molecule is C=CC(=O)N/C(=C(\OC)C(C)=O)C(C)(C)C. The first-order chi connectivity index (χ1) is 7.23. The highest BCUT2D eigenvalue weighted by atomic mass is 16.5. The minimum absolute atomic E-state index is 0.169. The van der Waals surface area contributed by atoms with Gasteiger partial charge < -0.3 is 10.1 Å². The lowest BCUT2D eigenvalue weighted by Gasteiger charge is -2.25. The Hall–Kier alpha value is -1.58. The molecule has 0 rings (SSSR count). The van der Waals surface area contributed by atoms with Crippen LogP contribution in [0.15, 0.2) is 24.1 Å². The van der Waals surface area contributed by atoms with Crippen molar-refractivity contribution in [2.24, 2.45) is 5.41 Å². The van der Waals surface area contributed by atoms with E-state index in [-0.39, 0.29) is 17.4 Å². The van der Waals surface area contributed by atoms with Gasteiger partial charge in [0.15, 0.2) is 11.5 Å². The number of rotatable bonds is 4. The van der Waals surface area contributed by atoms with Crippen molar-refractivity contribution in [3.63, 3.8) is 0 Å². The number of hydrogen-bond donors (Lipinski definition) is 1. The third kappa shape index (κ3) is 3.88. The number of allylic oxidation sites excluding steroid dienone is 2. The molecule has 0 aromatic heterocycles. The maximum absolute atomic E-state index is 11.4. The van der Waals surface area contributed by atoms with Crippen LogP contribution < -0.4 is 5.32 Å². The molecule has 0 saturated carbocycles. The average molecular weight is 225 g/mol. The largest absolute Gasteiger partial charge is 0.491 e. The van der Waals surface area contributed by atoms with Crippen LogP contribution in [0.2, 0.25) is 0 Å². The van der Waals surface area contributed by atoms with Gasteiger partial charge in [0.25, 0.3) is 0 Å². The molecular weight excluding hydrogens is 206 g/mol. The zero-order chi connectivity index (χ0) is 12.9. The van der Waals surface area contributed by atoms with Gasteiger partial charge in [0.2, 0.25) is 5.91 Å². The number of Topliss-reactive ketones (excluding diaryl/α,β-unsaturated/α-hetero) is 1. The maximum Gasteiger partial charge on any atom is 0.247 e. The second-order valence-corrected chi connectivity index (χ2v) is 4.41. The topological polar surface area (TPSA) is 55.4 Å². The summed E-state index contributed by atoms with van der Waals surface area (Å²) >= 11 is 0. The zero-order valence-electron chi connectivity index (χ0n) is 10.5. The molecule has 1 N–H and O–H groups in total. The van der Waals surface area contributed by atoms with E-state index in [9.17, 15) is 9.59 Å². The van der Waals surface area contributed by atoms with E-state index in [1.807, 2.05) is 20.8 Å². The van der Waals surface area contributed by atoms with Gasteiger partial charge in [-0.05, 0) is 6.08 Å². The predicted octanol–water partition coefficient (Wildman–Crippen LogP) is 1.78. The third-order valence-corrected chi connectivity index (χ3v) is 1.93. The molecule has 1 amide bonds. The van der Waals surface area contributed by atoms with Gasteiger partial charge >= 0.3 is 0 Å². The van der Waals surface area contributed by atoms with E-state index in [1.165, 1.54) is 14.0 Å². The number of amides is 1. The summed E-state index contributed by atoms with van der Waals surface area (Å²) in [6.07, 6.45) is 1.15. The molecular formula is C12H19NO3. The molecule has 0 aromatic rings. The van der Waals surface area contributed by atoms with Crippen LogP contribution in [0.25, 0.3) is 0 Å². The Morgan fingerprint density at radius 3 is 2.06 bits per heavy atom. The molecule has 16 heavy (non-hydrogen) atoms. The minimum Gasteiger partial charge on any atom is -0.491 e. The summed E-state index contributed by atoms with van der Waals surface area (Å²) in [6, 6.07) is 0. The van der Waals surface area contributed by atoms with Crippen molar-refractivity contribution in [1.29, 1.82) is 0 Å². The molecule has 0 heterocycles. The van der Waals surface area contributed by atoms with Crippen LogP contribution in [0.5, 0.6) is 0 Å². The monoisotopic (exact) mass is 225 g/mol. The smallest absolute Gasteiger partial charge is 0.247 e. The van der Waals surface area contributed by atoms with Gasteiger partial charge in [0.05, 0.1) is 12.8 Å². The summed E-state index contributed by atoms with van der Waals surface area (Å²) in [4.78, 5) is 22.7. The zero-order valence-corrected chi connectivity index (χ0v) is 10.5. The maximum atomic E-state index is 11.4. The number of ether oxygens (including phenoxy) is 1. The van der Waals surface area contributed by atoms with Crippen molar-refractivity contribution in [2.75, 3.05) is 7.11 Å². The Kier molecular flexibility index (Phi) is 4.95. The Morgan fingerprint density at radius 2 is 1.81 bits per heavy atom. The van der Waals surface area contributed by atoms with Crippen LogP contribution in [0.4, 0.5) is 0 Å².